The first-order valence-corrected chi connectivity index (χ1v) is 5.56. The van der Waals surface area contributed by atoms with Crippen molar-refractivity contribution in [3.63, 3.8) is 0 Å². The first-order valence-electron chi connectivity index (χ1n) is 5.56. The van der Waals surface area contributed by atoms with E-state index in [1.807, 2.05) is 11.1 Å². The van der Waals surface area contributed by atoms with E-state index >= 15 is 0 Å². The molecule has 3 heteroatoms. The predicted octanol–water partition coefficient (Wildman–Crippen LogP) is 2.46. The number of carbonyl (C=O) groups excluding carboxylic acids is 1. The number of nitrogens with zero attached hydrogens (tertiary/aromatic N) is 2. The Morgan fingerprint density at radius 1 is 1.43 bits per heavy atom. The average molecular weight is 194 g/mol. The molecule has 3 nitrogen and oxygen atoms in total. The maximum atomic E-state index is 11.6. The van der Waals surface area contributed by atoms with E-state index in [1.165, 1.54) is 19.3 Å². The molecule has 0 aromatic carbocycles. The first kappa shape index (κ1) is 9.69. The summed E-state index contributed by atoms with van der Waals surface area (Å²) in [6, 6.07) is 0.669. The molecule has 1 aliphatic carbocycles. The predicted molar refractivity (Wildman–Crippen MR) is 56.6 cm³/mol. The maximum absolute atomic E-state index is 11.6. The number of carbonyl (C=O) groups is 1. The largest absolute Gasteiger partial charge is 0.343 e. The molecule has 0 bridgehead atoms. The van der Waals surface area contributed by atoms with E-state index in [2.05, 4.69) is 18.8 Å². The lowest BCUT2D eigenvalue weighted by molar-refractivity contribution is 0.121. The summed E-state index contributed by atoms with van der Waals surface area (Å²) < 4.78 is 0. The molecule has 2 amide bonds. The third-order valence-corrected chi connectivity index (χ3v) is 3.29. The third kappa shape index (κ3) is 1.56. The van der Waals surface area contributed by atoms with E-state index in [-0.39, 0.29) is 12.1 Å². The molecule has 2 rings (SSSR count). The highest BCUT2D eigenvalue weighted by Crippen LogP contribution is 2.31. The molecule has 1 heterocycles. The van der Waals surface area contributed by atoms with Crippen molar-refractivity contribution < 1.29 is 4.79 Å². The number of urea groups is 1. The second kappa shape index (κ2) is 3.71. The van der Waals surface area contributed by atoms with Gasteiger partial charge in [0.1, 0.15) is 0 Å². The average Bonchev–Trinajstić information content (AvgIpc) is 2.17. The van der Waals surface area contributed by atoms with Gasteiger partial charge in [-0.05, 0) is 26.7 Å². The zero-order valence-electron chi connectivity index (χ0n) is 8.94. The summed E-state index contributed by atoms with van der Waals surface area (Å²) in [4.78, 5) is 17.6. The number of rotatable bonds is 1. The minimum Gasteiger partial charge on any atom is -0.317 e. The number of hydrogen-bond acceptors (Lipinski definition) is 1. The van der Waals surface area contributed by atoms with Gasteiger partial charge in [0.15, 0.2) is 0 Å². The second-order valence-electron chi connectivity index (χ2n) is 4.58. The van der Waals surface area contributed by atoms with E-state index in [0.717, 1.165) is 6.42 Å². The van der Waals surface area contributed by atoms with E-state index in [0.29, 0.717) is 12.0 Å². The normalized spacial score (nSPS) is 32.2. The van der Waals surface area contributed by atoms with Crippen molar-refractivity contribution in [3.05, 3.63) is 0 Å². The summed E-state index contributed by atoms with van der Waals surface area (Å²) in [5, 5.41) is 0. The van der Waals surface area contributed by atoms with Gasteiger partial charge >= 0.3 is 6.03 Å². The fraction of sp³-hybridized carbons (Fsp3) is 0.818. The van der Waals surface area contributed by atoms with Gasteiger partial charge in [0, 0.05) is 24.2 Å². The van der Waals surface area contributed by atoms with Crippen LogP contribution < -0.4 is 0 Å². The monoisotopic (exact) mass is 194 g/mol. The zero-order valence-corrected chi connectivity index (χ0v) is 8.94. The summed E-state index contributed by atoms with van der Waals surface area (Å²) in [5.74, 6) is 0.517. The minimum absolute atomic E-state index is 0.0388. The first-order chi connectivity index (χ1) is 6.70. The minimum atomic E-state index is -0.0388. The van der Waals surface area contributed by atoms with Gasteiger partial charge in [-0.15, -0.1) is 0 Å². The Balaban J connectivity index is 2.22. The van der Waals surface area contributed by atoms with E-state index < -0.39 is 0 Å². The fourth-order valence-corrected chi connectivity index (χ4v) is 2.63. The number of hydrogen-bond donors (Lipinski definition) is 0. The Bertz CT molecular complexity index is 260. The van der Waals surface area contributed by atoms with Gasteiger partial charge in [-0.1, -0.05) is 12.8 Å². The molecule has 0 spiro atoms. The van der Waals surface area contributed by atoms with Gasteiger partial charge in [-0.25, -0.2) is 9.79 Å². The molecule has 2 unspecified atom stereocenters. The topological polar surface area (TPSA) is 32.7 Å². The fourth-order valence-electron chi connectivity index (χ4n) is 2.63. The van der Waals surface area contributed by atoms with E-state index in [1.54, 1.807) is 0 Å². The van der Waals surface area contributed by atoms with Gasteiger partial charge in [-0.3, -0.25) is 0 Å². The Labute approximate surface area is 85.2 Å². The molecule has 1 fully saturated rings. The lowest BCUT2D eigenvalue weighted by Crippen LogP contribution is -2.51. The number of fused-ring (bicyclic) bond motifs is 1. The number of amides is 2. The van der Waals surface area contributed by atoms with Crippen LogP contribution in [0.4, 0.5) is 4.79 Å². The smallest absolute Gasteiger partial charge is 0.317 e. The molecule has 0 saturated heterocycles. The molecule has 2 atom stereocenters. The van der Waals surface area contributed by atoms with Gasteiger partial charge < -0.3 is 4.90 Å². The van der Waals surface area contributed by atoms with Crippen LogP contribution in [0.15, 0.2) is 4.99 Å². The number of aliphatic imine (C=N–C) groups is 1. The van der Waals surface area contributed by atoms with Crippen LogP contribution in [0.25, 0.3) is 0 Å². The van der Waals surface area contributed by atoms with Gasteiger partial charge in [0.2, 0.25) is 0 Å². The Morgan fingerprint density at radius 3 is 2.86 bits per heavy atom. The maximum Gasteiger partial charge on any atom is 0.343 e. The van der Waals surface area contributed by atoms with Crippen molar-refractivity contribution >= 4 is 12.2 Å². The van der Waals surface area contributed by atoms with Crippen molar-refractivity contribution in [3.8, 4) is 0 Å². The van der Waals surface area contributed by atoms with Crippen LogP contribution in [0, 0.1) is 5.92 Å². The van der Waals surface area contributed by atoms with Crippen molar-refractivity contribution in [2.75, 3.05) is 0 Å². The molecule has 2 aliphatic rings. The van der Waals surface area contributed by atoms with Crippen molar-refractivity contribution in [1.29, 1.82) is 0 Å². The highest BCUT2D eigenvalue weighted by atomic mass is 16.2. The Hall–Kier alpha value is -0.860. The molecule has 0 N–H and O–H groups in total. The lowest BCUT2D eigenvalue weighted by atomic mass is 9.83. The van der Waals surface area contributed by atoms with Crippen molar-refractivity contribution in [2.24, 2.45) is 10.9 Å². The van der Waals surface area contributed by atoms with Crippen LogP contribution in [0.3, 0.4) is 0 Å². The molecular weight excluding hydrogens is 176 g/mol. The Kier molecular flexibility index (Phi) is 2.57. The van der Waals surface area contributed by atoms with Crippen molar-refractivity contribution in [1.82, 2.24) is 4.90 Å². The molecule has 0 radical (unpaired) electrons. The molecular formula is C11H18N2O. The van der Waals surface area contributed by atoms with Crippen molar-refractivity contribution in [2.45, 2.75) is 51.6 Å². The van der Waals surface area contributed by atoms with Crippen LogP contribution in [-0.4, -0.2) is 29.2 Å². The van der Waals surface area contributed by atoms with Crippen LogP contribution in [-0.2, 0) is 0 Å². The quantitative estimate of drug-likeness (QED) is 0.631. The highest BCUT2D eigenvalue weighted by Gasteiger charge is 2.36. The molecule has 14 heavy (non-hydrogen) atoms. The summed E-state index contributed by atoms with van der Waals surface area (Å²) in [5.41, 5.74) is 0. The second-order valence-corrected chi connectivity index (χ2v) is 4.58. The van der Waals surface area contributed by atoms with Gasteiger partial charge in [-0.2, -0.15) is 0 Å². The highest BCUT2D eigenvalue weighted by molar-refractivity contribution is 5.87. The van der Waals surface area contributed by atoms with Gasteiger partial charge in [0.05, 0.1) is 0 Å². The summed E-state index contributed by atoms with van der Waals surface area (Å²) in [6.45, 7) is 4.15. The summed E-state index contributed by atoms with van der Waals surface area (Å²) in [6.07, 6.45) is 6.77. The molecule has 0 aromatic rings. The lowest BCUT2D eigenvalue weighted by Gasteiger charge is -2.42. The standard InChI is InChI=1S/C11H18N2O/c1-8(2)13-10-6-4-3-5-9(10)7-12-11(13)14/h7-10H,3-6H2,1-2H3. The molecule has 1 aliphatic heterocycles. The Morgan fingerprint density at radius 2 is 2.14 bits per heavy atom. The van der Waals surface area contributed by atoms with Crippen LogP contribution in [0.5, 0.6) is 0 Å². The van der Waals surface area contributed by atoms with E-state index in [9.17, 15) is 4.79 Å². The molecule has 78 valence electrons. The summed E-state index contributed by atoms with van der Waals surface area (Å²) >= 11 is 0. The van der Waals surface area contributed by atoms with E-state index in [4.69, 9.17) is 0 Å². The zero-order chi connectivity index (χ0) is 10.1. The third-order valence-electron chi connectivity index (χ3n) is 3.29. The van der Waals surface area contributed by atoms with Crippen LogP contribution in [0.2, 0.25) is 0 Å². The van der Waals surface area contributed by atoms with Gasteiger partial charge in [0.25, 0.3) is 0 Å². The van der Waals surface area contributed by atoms with Crippen LogP contribution in [0.1, 0.15) is 39.5 Å². The summed E-state index contributed by atoms with van der Waals surface area (Å²) in [7, 11) is 0. The molecule has 1 saturated carbocycles. The van der Waals surface area contributed by atoms with Crippen LogP contribution >= 0.6 is 0 Å². The SMILES string of the molecule is CC(C)N1C(=O)N=CC2CCCCC21. The molecule has 0 aromatic heterocycles.